The summed E-state index contributed by atoms with van der Waals surface area (Å²) in [5.41, 5.74) is 3.29. The van der Waals surface area contributed by atoms with Crippen molar-refractivity contribution in [2.45, 2.75) is 44.0 Å². The van der Waals surface area contributed by atoms with Crippen molar-refractivity contribution in [2.75, 3.05) is 0 Å². The summed E-state index contributed by atoms with van der Waals surface area (Å²) in [6.07, 6.45) is 4.00. The number of rotatable bonds is 5. The number of benzene rings is 1. The van der Waals surface area contributed by atoms with Gasteiger partial charge in [0.1, 0.15) is 22.2 Å². The van der Waals surface area contributed by atoms with E-state index in [2.05, 4.69) is 19.9 Å². The Balaban J connectivity index is 1.57. The fourth-order valence-electron chi connectivity index (χ4n) is 3.48. The number of fused-ring (bicyclic) bond motifs is 2. The van der Waals surface area contributed by atoms with Crippen molar-refractivity contribution in [1.29, 1.82) is 0 Å². The number of thioether (sulfide) groups is 1. The molecule has 0 amide bonds. The number of H-pyrrole nitrogens is 1. The zero-order chi connectivity index (χ0) is 19.3. The van der Waals surface area contributed by atoms with Crippen molar-refractivity contribution in [2.24, 2.45) is 5.92 Å². The molecular formula is C20H20N6OS. The third-order valence-electron chi connectivity index (χ3n) is 5.11. The molecule has 5 rings (SSSR count). The average Bonchev–Trinajstić information content (AvgIpc) is 3.36. The Hall–Kier alpha value is -2.74. The summed E-state index contributed by atoms with van der Waals surface area (Å²) in [7, 11) is 0. The van der Waals surface area contributed by atoms with Crippen molar-refractivity contribution in [3.63, 3.8) is 0 Å². The Kier molecular flexibility index (Phi) is 4.16. The molecule has 0 aliphatic heterocycles. The van der Waals surface area contributed by atoms with Gasteiger partial charge in [0, 0.05) is 6.54 Å². The SMILES string of the molecule is Cc1nc(SCc2nc3cccc(C)c3c(=O)n2CC2CC2)c2[nH]cnc2n1. The van der Waals surface area contributed by atoms with Gasteiger partial charge < -0.3 is 4.98 Å². The van der Waals surface area contributed by atoms with E-state index >= 15 is 0 Å². The van der Waals surface area contributed by atoms with Crippen molar-refractivity contribution in [3.05, 3.63) is 52.1 Å². The monoisotopic (exact) mass is 392 g/mol. The van der Waals surface area contributed by atoms with Crippen molar-refractivity contribution in [3.8, 4) is 0 Å². The average molecular weight is 392 g/mol. The van der Waals surface area contributed by atoms with Gasteiger partial charge in [-0.15, -0.1) is 0 Å². The van der Waals surface area contributed by atoms with E-state index in [0.29, 0.717) is 23.1 Å². The summed E-state index contributed by atoms with van der Waals surface area (Å²) in [5, 5.41) is 1.56. The van der Waals surface area contributed by atoms with Crippen LogP contribution in [0.3, 0.4) is 0 Å². The summed E-state index contributed by atoms with van der Waals surface area (Å²) < 4.78 is 1.87. The summed E-state index contributed by atoms with van der Waals surface area (Å²) >= 11 is 1.56. The second-order valence-electron chi connectivity index (χ2n) is 7.32. The van der Waals surface area contributed by atoms with Gasteiger partial charge in [0.2, 0.25) is 0 Å². The zero-order valence-electron chi connectivity index (χ0n) is 15.8. The number of hydrogen-bond acceptors (Lipinski definition) is 6. The zero-order valence-corrected chi connectivity index (χ0v) is 16.6. The first-order valence-electron chi connectivity index (χ1n) is 9.39. The van der Waals surface area contributed by atoms with Crippen LogP contribution in [0.25, 0.3) is 22.1 Å². The molecule has 1 aromatic carbocycles. The maximum absolute atomic E-state index is 13.2. The highest BCUT2D eigenvalue weighted by atomic mass is 32.2. The minimum absolute atomic E-state index is 0.0659. The number of nitrogens with zero attached hydrogens (tertiary/aromatic N) is 5. The van der Waals surface area contributed by atoms with Crippen LogP contribution < -0.4 is 5.56 Å². The molecule has 1 N–H and O–H groups in total. The largest absolute Gasteiger partial charge is 0.341 e. The molecule has 8 heteroatoms. The molecule has 1 aliphatic carbocycles. The summed E-state index contributed by atoms with van der Waals surface area (Å²) in [6.45, 7) is 4.58. The molecule has 0 radical (unpaired) electrons. The van der Waals surface area contributed by atoms with Crippen molar-refractivity contribution >= 4 is 33.8 Å². The molecule has 3 aromatic heterocycles. The van der Waals surface area contributed by atoms with Crippen LogP contribution in [0.1, 0.15) is 30.1 Å². The first-order valence-corrected chi connectivity index (χ1v) is 10.4. The van der Waals surface area contributed by atoms with Crippen LogP contribution in [0.4, 0.5) is 0 Å². The number of aromatic amines is 1. The number of aryl methyl sites for hydroxylation is 2. The molecule has 4 aromatic rings. The topological polar surface area (TPSA) is 89.4 Å². The molecule has 0 bridgehead atoms. The van der Waals surface area contributed by atoms with Crippen LogP contribution in [0.5, 0.6) is 0 Å². The van der Waals surface area contributed by atoms with E-state index in [1.165, 1.54) is 12.8 Å². The number of nitrogens with one attached hydrogen (secondary N) is 1. The molecule has 0 saturated heterocycles. The van der Waals surface area contributed by atoms with E-state index in [0.717, 1.165) is 39.4 Å². The first kappa shape index (κ1) is 17.4. The second-order valence-corrected chi connectivity index (χ2v) is 8.29. The molecular weight excluding hydrogens is 372 g/mol. The Morgan fingerprint density at radius 3 is 2.89 bits per heavy atom. The first-order chi connectivity index (χ1) is 13.6. The smallest absolute Gasteiger partial charge is 0.261 e. The van der Waals surface area contributed by atoms with Crippen LogP contribution >= 0.6 is 11.8 Å². The lowest BCUT2D eigenvalue weighted by Crippen LogP contribution is -2.26. The lowest BCUT2D eigenvalue weighted by molar-refractivity contribution is 0.581. The van der Waals surface area contributed by atoms with Gasteiger partial charge in [-0.25, -0.2) is 19.9 Å². The van der Waals surface area contributed by atoms with E-state index in [9.17, 15) is 4.79 Å². The predicted octanol–water partition coefficient (Wildman–Crippen LogP) is 3.38. The quantitative estimate of drug-likeness (QED) is 0.414. The summed E-state index contributed by atoms with van der Waals surface area (Å²) in [4.78, 5) is 34.3. The lowest BCUT2D eigenvalue weighted by Gasteiger charge is -2.14. The molecule has 142 valence electrons. The second kappa shape index (κ2) is 6.70. The van der Waals surface area contributed by atoms with Gasteiger partial charge in [0.15, 0.2) is 5.65 Å². The standard InChI is InChI=1S/C20H20N6OS/c1-11-4-3-5-14-16(11)20(27)26(8-13-6-7-13)15(25-14)9-28-19-17-18(22-10-21-17)23-12(2)24-19/h3-5,10,13H,6-9H2,1-2H3,(H,21,22,23,24). The Morgan fingerprint density at radius 1 is 1.21 bits per heavy atom. The lowest BCUT2D eigenvalue weighted by atomic mass is 10.1. The van der Waals surface area contributed by atoms with Crippen LogP contribution in [-0.4, -0.2) is 29.5 Å². The third-order valence-corrected chi connectivity index (χ3v) is 6.08. The molecule has 0 unspecified atom stereocenters. The fraction of sp³-hybridized carbons (Fsp3) is 0.350. The molecule has 1 fully saturated rings. The molecule has 1 aliphatic rings. The van der Waals surface area contributed by atoms with Gasteiger partial charge >= 0.3 is 0 Å². The summed E-state index contributed by atoms with van der Waals surface area (Å²) in [6, 6.07) is 5.84. The Morgan fingerprint density at radius 2 is 2.07 bits per heavy atom. The minimum Gasteiger partial charge on any atom is -0.341 e. The molecule has 7 nitrogen and oxygen atoms in total. The molecule has 0 atom stereocenters. The molecule has 0 spiro atoms. The highest BCUT2D eigenvalue weighted by Gasteiger charge is 2.25. The van der Waals surface area contributed by atoms with Gasteiger partial charge in [0.25, 0.3) is 5.56 Å². The maximum Gasteiger partial charge on any atom is 0.261 e. The highest BCUT2D eigenvalue weighted by molar-refractivity contribution is 7.98. The Labute approximate surface area is 165 Å². The fourth-order valence-corrected chi connectivity index (χ4v) is 4.46. The van der Waals surface area contributed by atoms with Gasteiger partial charge in [-0.05, 0) is 44.2 Å². The molecule has 1 saturated carbocycles. The van der Waals surface area contributed by atoms with E-state index < -0.39 is 0 Å². The van der Waals surface area contributed by atoms with Crippen molar-refractivity contribution < 1.29 is 0 Å². The molecule has 3 heterocycles. The van der Waals surface area contributed by atoms with Gasteiger partial charge in [-0.1, -0.05) is 23.9 Å². The maximum atomic E-state index is 13.2. The molecule has 28 heavy (non-hydrogen) atoms. The summed E-state index contributed by atoms with van der Waals surface area (Å²) in [5.74, 6) is 2.63. The number of hydrogen-bond donors (Lipinski definition) is 1. The Bertz CT molecular complexity index is 1260. The van der Waals surface area contributed by atoms with E-state index in [-0.39, 0.29) is 5.56 Å². The van der Waals surface area contributed by atoms with Gasteiger partial charge in [0.05, 0.1) is 23.0 Å². The van der Waals surface area contributed by atoms with E-state index in [4.69, 9.17) is 4.98 Å². The van der Waals surface area contributed by atoms with Gasteiger partial charge in [-0.2, -0.15) is 0 Å². The highest BCUT2D eigenvalue weighted by Crippen LogP contribution is 2.32. The number of imidazole rings is 1. The van der Waals surface area contributed by atoms with Crippen LogP contribution in [-0.2, 0) is 12.3 Å². The van der Waals surface area contributed by atoms with E-state index in [1.807, 2.05) is 36.6 Å². The normalized spacial score (nSPS) is 14.2. The number of aromatic nitrogens is 6. The third kappa shape index (κ3) is 3.07. The van der Waals surface area contributed by atoms with Crippen LogP contribution in [0.2, 0.25) is 0 Å². The van der Waals surface area contributed by atoms with E-state index in [1.54, 1.807) is 18.1 Å². The van der Waals surface area contributed by atoms with Crippen molar-refractivity contribution in [1.82, 2.24) is 29.5 Å². The predicted molar refractivity (Wildman–Crippen MR) is 109 cm³/mol. The van der Waals surface area contributed by atoms with Crippen LogP contribution in [0, 0.1) is 19.8 Å². The minimum atomic E-state index is 0.0659. The van der Waals surface area contributed by atoms with Crippen LogP contribution in [0.15, 0.2) is 34.3 Å². The van der Waals surface area contributed by atoms with Gasteiger partial charge in [-0.3, -0.25) is 9.36 Å².